The van der Waals surface area contributed by atoms with Crippen LogP contribution in [0.2, 0.25) is 0 Å². The van der Waals surface area contributed by atoms with Gasteiger partial charge in [-0.25, -0.2) is 4.68 Å². The van der Waals surface area contributed by atoms with E-state index in [0.29, 0.717) is 11.4 Å². The summed E-state index contributed by atoms with van der Waals surface area (Å²) in [4.78, 5) is 13.2. The van der Waals surface area contributed by atoms with Gasteiger partial charge in [-0.05, 0) is 35.4 Å². The molecule has 1 amide bonds. The average molecular weight is 383 g/mol. The predicted molar refractivity (Wildman–Crippen MR) is 119 cm³/mol. The van der Waals surface area contributed by atoms with Crippen LogP contribution in [0, 0.1) is 6.92 Å². The Kier molecular flexibility index (Phi) is 4.71. The van der Waals surface area contributed by atoms with Crippen molar-refractivity contribution in [3.05, 3.63) is 89.6 Å². The van der Waals surface area contributed by atoms with Crippen LogP contribution in [0.25, 0.3) is 16.5 Å². The smallest absolute Gasteiger partial charge is 0.257 e. The fourth-order valence-corrected chi connectivity index (χ4v) is 3.43. The van der Waals surface area contributed by atoms with Gasteiger partial charge in [0.1, 0.15) is 5.82 Å². The Morgan fingerprint density at radius 2 is 1.62 bits per heavy atom. The summed E-state index contributed by atoms with van der Waals surface area (Å²) in [5, 5.41) is 9.90. The van der Waals surface area contributed by atoms with E-state index >= 15 is 0 Å². The molecule has 0 aliphatic heterocycles. The first-order valence-corrected chi connectivity index (χ1v) is 9.80. The summed E-state index contributed by atoms with van der Waals surface area (Å²) < 4.78 is 1.83. The molecule has 0 aliphatic rings. The van der Waals surface area contributed by atoms with Crippen molar-refractivity contribution in [3.8, 4) is 5.69 Å². The number of amides is 1. The van der Waals surface area contributed by atoms with Gasteiger partial charge >= 0.3 is 0 Å². The number of rotatable bonds is 3. The Balaban J connectivity index is 1.79. The lowest BCUT2D eigenvalue weighted by Crippen LogP contribution is -2.16. The Bertz CT molecular complexity index is 1190. The highest BCUT2D eigenvalue weighted by Gasteiger charge is 2.22. The molecule has 1 heterocycles. The number of hydrogen-bond donors (Lipinski definition) is 1. The molecule has 0 saturated carbocycles. The fourth-order valence-electron chi connectivity index (χ4n) is 3.43. The molecule has 4 heteroatoms. The molecule has 0 spiro atoms. The zero-order valence-electron chi connectivity index (χ0n) is 17.2. The number of aryl methyl sites for hydroxylation is 1. The summed E-state index contributed by atoms with van der Waals surface area (Å²) >= 11 is 0. The van der Waals surface area contributed by atoms with Gasteiger partial charge in [-0.1, -0.05) is 75.4 Å². The third-order valence-corrected chi connectivity index (χ3v) is 5.10. The van der Waals surface area contributed by atoms with Crippen LogP contribution in [0.15, 0.2) is 72.8 Å². The van der Waals surface area contributed by atoms with Gasteiger partial charge in [-0.15, -0.1) is 0 Å². The molecule has 29 heavy (non-hydrogen) atoms. The molecule has 4 aromatic rings. The molecule has 4 rings (SSSR count). The third kappa shape index (κ3) is 3.66. The summed E-state index contributed by atoms with van der Waals surface area (Å²) in [5.41, 5.74) is 3.49. The number of para-hydroxylation sites is 1. The molecule has 0 fully saturated rings. The van der Waals surface area contributed by atoms with Crippen LogP contribution < -0.4 is 5.32 Å². The number of fused-ring (bicyclic) bond motifs is 1. The van der Waals surface area contributed by atoms with E-state index in [9.17, 15) is 4.79 Å². The Labute approximate surface area is 171 Å². The van der Waals surface area contributed by atoms with Crippen molar-refractivity contribution in [2.24, 2.45) is 0 Å². The number of nitrogens with one attached hydrogen (secondary N) is 1. The number of carbonyl (C=O) groups is 1. The topological polar surface area (TPSA) is 46.9 Å². The van der Waals surface area contributed by atoms with Crippen LogP contribution in [-0.2, 0) is 5.41 Å². The predicted octanol–water partition coefficient (Wildman–Crippen LogP) is 5.88. The van der Waals surface area contributed by atoms with E-state index < -0.39 is 0 Å². The van der Waals surface area contributed by atoms with Crippen LogP contribution in [-0.4, -0.2) is 15.7 Å². The lowest BCUT2D eigenvalue weighted by atomic mass is 9.92. The van der Waals surface area contributed by atoms with Crippen molar-refractivity contribution in [2.45, 2.75) is 33.1 Å². The SMILES string of the molecule is Cc1ccccc1-n1nc(C(C)(C)C)cc1NC(=O)c1cccc2ccccc12. The summed E-state index contributed by atoms with van der Waals surface area (Å²) in [6.07, 6.45) is 0. The van der Waals surface area contributed by atoms with Crippen LogP contribution in [0.3, 0.4) is 0 Å². The Morgan fingerprint density at radius 1 is 0.931 bits per heavy atom. The van der Waals surface area contributed by atoms with Crippen LogP contribution >= 0.6 is 0 Å². The molecular weight excluding hydrogens is 358 g/mol. The summed E-state index contributed by atoms with van der Waals surface area (Å²) in [6.45, 7) is 8.40. The van der Waals surface area contributed by atoms with E-state index in [2.05, 4.69) is 26.1 Å². The Morgan fingerprint density at radius 3 is 2.38 bits per heavy atom. The molecule has 0 unspecified atom stereocenters. The number of aromatic nitrogens is 2. The zero-order valence-corrected chi connectivity index (χ0v) is 17.2. The minimum atomic E-state index is -0.142. The third-order valence-electron chi connectivity index (χ3n) is 5.10. The van der Waals surface area contributed by atoms with Gasteiger partial charge < -0.3 is 5.32 Å². The summed E-state index contributed by atoms with van der Waals surface area (Å²) in [6, 6.07) is 23.7. The second-order valence-corrected chi connectivity index (χ2v) is 8.34. The van der Waals surface area contributed by atoms with Crippen LogP contribution in [0.1, 0.15) is 42.4 Å². The number of nitrogens with zero attached hydrogens (tertiary/aromatic N) is 2. The number of carbonyl (C=O) groups excluding carboxylic acids is 1. The molecule has 3 aromatic carbocycles. The monoisotopic (exact) mass is 383 g/mol. The normalized spacial score (nSPS) is 11.6. The van der Waals surface area contributed by atoms with Crippen LogP contribution in [0.4, 0.5) is 5.82 Å². The minimum Gasteiger partial charge on any atom is -0.306 e. The average Bonchev–Trinajstić information content (AvgIpc) is 3.12. The van der Waals surface area contributed by atoms with Gasteiger partial charge in [0.25, 0.3) is 5.91 Å². The maximum Gasteiger partial charge on any atom is 0.257 e. The lowest BCUT2D eigenvalue weighted by Gasteiger charge is -2.14. The standard InChI is InChI=1S/C25H25N3O/c1-17-10-5-8-15-21(17)28-23(16-22(27-28)25(2,3)4)26-24(29)20-14-9-12-18-11-6-7-13-19(18)20/h5-16H,1-4H3,(H,26,29). The zero-order chi connectivity index (χ0) is 20.6. The van der Waals surface area contributed by atoms with Crippen molar-refractivity contribution >= 4 is 22.5 Å². The van der Waals surface area contributed by atoms with Gasteiger partial charge in [-0.3, -0.25) is 4.79 Å². The summed E-state index contributed by atoms with van der Waals surface area (Å²) in [5.74, 6) is 0.527. The van der Waals surface area contributed by atoms with E-state index in [1.54, 1.807) is 0 Å². The van der Waals surface area contributed by atoms with Gasteiger partial charge in [0.05, 0.1) is 11.4 Å². The van der Waals surface area contributed by atoms with E-state index in [4.69, 9.17) is 5.10 Å². The van der Waals surface area contributed by atoms with Crippen molar-refractivity contribution in [3.63, 3.8) is 0 Å². The molecule has 4 nitrogen and oxygen atoms in total. The van der Waals surface area contributed by atoms with Crippen molar-refractivity contribution in [1.82, 2.24) is 9.78 Å². The van der Waals surface area contributed by atoms with E-state index in [-0.39, 0.29) is 11.3 Å². The molecule has 146 valence electrons. The molecule has 0 aliphatic carbocycles. The molecule has 1 N–H and O–H groups in total. The van der Waals surface area contributed by atoms with Gasteiger partial charge in [0.2, 0.25) is 0 Å². The number of hydrogen-bond acceptors (Lipinski definition) is 2. The highest BCUT2D eigenvalue weighted by Crippen LogP contribution is 2.28. The van der Waals surface area contributed by atoms with Crippen molar-refractivity contribution in [2.75, 3.05) is 5.32 Å². The van der Waals surface area contributed by atoms with Crippen molar-refractivity contribution < 1.29 is 4.79 Å². The maximum atomic E-state index is 13.2. The van der Waals surface area contributed by atoms with Crippen LogP contribution in [0.5, 0.6) is 0 Å². The molecule has 0 bridgehead atoms. The van der Waals surface area contributed by atoms with E-state index in [0.717, 1.165) is 27.7 Å². The van der Waals surface area contributed by atoms with E-state index in [1.807, 2.05) is 84.4 Å². The number of anilines is 1. The second kappa shape index (κ2) is 7.21. The van der Waals surface area contributed by atoms with Gasteiger partial charge in [0, 0.05) is 17.0 Å². The minimum absolute atomic E-state index is 0.132. The molecule has 1 aromatic heterocycles. The largest absolute Gasteiger partial charge is 0.306 e. The van der Waals surface area contributed by atoms with Crippen molar-refractivity contribution in [1.29, 1.82) is 0 Å². The Hall–Kier alpha value is -3.40. The van der Waals surface area contributed by atoms with E-state index in [1.165, 1.54) is 0 Å². The maximum absolute atomic E-state index is 13.2. The highest BCUT2D eigenvalue weighted by molar-refractivity contribution is 6.12. The lowest BCUT2D eigenvalue weighted by molar-refractivity contribution is 0.102. The first-order valence-electron chi connectivity index (χ1n) is 9.80. The molecule has 0 atom stereocenters. The van der Waals surface area contributed by atoms with Gasteiger partial charge in [-0.2, -0.15) is 5.10 Å². The fraction of sp³-hybridized carbons (Fsp3) is 0.200. The highest BCUT2D eigenvalue weighted by atomic mass is 16.1. The number of benzene rings is 3. The molecule has 0 radical (unpaired) electrons. The van der Waals surface area contributed by atoms with Gasteiger partial charge in [0.15, 0.2) is 0 Å². The summed E-state index contributed by atoms with van der Waals surface area (Å²) in [7, 11) is 0. The first kappa shape index (κ1) is 18.9. The first-order chi connectivity index (χ1) is 13.8. The second-order valence-electron chi connectivity index (χ2n) is 8.34. The quantitative estimate of drug-likeness (QED) is 0.480. The molecular formula is C25H25N3O. The molecule has 0 saturated heterocycles.